The third-order valence-electron chi connectivity index (χ3n) is 3.95. The van der Waals surface area contributed by atoms with Crippen LogP contribution in [0.1, 0.15) is 18.4 Å². The molecular weight excluding hydrogens is 246 g/mol. The number of hydrogen-bond acceptors (Lipinski definition) is 4. The zero-order valence-electron chi connectivity index (χ0n) is 10.8. The van der Waals surface area contributed by atoms with Crippen molar-refractivity contribution in [1.29, 1.82) is 0 Å². The summed E-state index contributed by atoms with van der Waals surface area (Å²) < 4.78 is 10.6. The van der Waals surface area contributed by atoms with Crippen molar-refractivity contribution >= 4 is 5.97 Å². The van der Waals surface area contributed by atoms with Crippen LogP contribution in [0.15, 0.2) is 18.2 Å². The third kappa shape index (κ3) is 2.38. The number of benzene rings is 1. The summed E-state index contributed by atoms with van der Waals surface area (Å²) in [7, 11) is 2.04. The fourth-order valence-corrected chi connectivity index (χ4v) is 2.61. The predicted molar refractivity (Wildman–Crippen MR) is 68.2 cm³/mol. The second kappa shape index (κ2) is 4.74. The van der Waals surface area contributed by atoms with Crippen molar-refractivity contribution in [3.05, 3.63) is 23.8 Å². The van der Waals surface area contributed by atoms with Crippen molar-refractivity contribution in [2.24, 2.45) is 5.92 Å². The molecule has 5 nitrogen and oxygen atoms in total. The maximum Gasteiger partial charge on any atom is 0.306 e. The van der Waals surface area contributed by atoms with E-state index in [0.29, 0.717) is 6.04 Å². The molecule has 0 spiro atoms. The van der Waals surface area contributed by atoms with Gasteiger partial charge in [0.25, 0.3) is 0 Å². The Hall–Kier alpha value is -1.75. The molecule has 2 aliphatic rings. The standard InChI is InChI=1S/C14H17NO4/c1-15(11-5-10(6-11)14(16)17)7-9-2-3-12-13(4-9)19-8-18-12/h2-4,10-11H,5-8H2,1H3,(H,16,17). The summed E-state index contributed by atoms with van der Waals surface area (Å²) in [4.78, 5) is 13.0. The Bertz CT molecular complexity index is 496. The van der Waals surface area contributed by atoms with Crippen molar-refractivity contribution in [1.82, 2.24) is 4.90 Å². The molecule has 1 N–H and O–H groups in total. The summed E-state index contributed by atoms with van der Waals surface area (Å²) in [6.07, 6.45) is 1.49. The average Bonchev–Trinajstić information content (AvgIpc) is 2.73. The van der Waals surface area contributed by atoms with Gasteiger partial charge in [-0.25, -0.2) is 0 Å². The molecule has 5 heteroatoms. The second-order valence-corrected chi connectivity index (χ2v) is 5.26. The molecule has 1 aliphatic heterocycles. The molecule has 1 aliphatic carbocycles. The first-order chi connectivity index (χ1) is 9.13. The van der Waals surface area contributed by atoms with E-state index in [1.54, 1.807) is 0 Å². The molecule has 0 atom stereocenters. The fraction of sp³-hybridized carbons (Fsp3) is 0.500. The highest BCUT2D eigenvalue weighted by Crippen LogP contribution is 2.35. The highest BCUT2D eigenvalue weighted by atomic mass is 16.7. The lowest BCUT2D eigenvalue weighted by Gasteiger charge is -2.39. The summed E-state index contributed by atoms with van der Waals surface area (Å²) in [6.45, 7) is 1.09. The Kier molecular flexibility index (Phi) is 3.06. The lowest BCUT2D eigenvalue weighted by atomic mass is 9.79. The van der Waals surface area contributed by atoms with Crippen LogP contribution in [0, 0.1) is 5.92 Å². The molecule has 0 radical (unpaired) electrons. The summed E-state index contributed by atoms with van der Waals surface area (Å²) in [5.41, 5.74) is 1.16. The van der Waals surface area contributed by atoms with Gasteiger partial charge < -0.3 is 14.6 Å². The smallest absolute Gasteiger partial charge is 0.306 e. The quantitative estimate of drug-likeness (QED) is 0.896. The summed E-state index contributed by atoms with van der Waals surface area (Å²) in [6, 6.07) is 6.31. The van der Waals surface area contributed by atoms with Gasteiger partial charge in [0.05, 0.1) is 5.92 Å². The van der Waals surface area contributed by atoms with E-state index in [4.69, 9.17) is 14.6 Å². The number of rotatable bonds is 4. The summed E-state index contributed by atoms with van der Waals surface area (Å²) >= 11 is 0. The molecule has 0 saturated heterocycles. The highest BCUT2D eigenvalue weighted by Gasteiger charge is 2.36. The Labute approximate surface area is 111 Å². The maximum absolute atomic E-state index is 10.8. The number of aliphatic carboxylic acids is 1. The number of fused-ring (bicyclic) bond motifs is 1. The Balaban J connectivity index is 1.58. The van der Waals surface area contributed by atoms with Crippen LogP contribution in [0.25, 0.3) is 0 Å². The van der Waals surface area contributed by atoms with Gasteiger partial charge in [-0.2, -0.15) is 0 Å². The summed E-state index contributed by atoms with van der Waals surface area (Å²) in [5.74, 6) is 0.751. The number of nitrogens with zero attached hydrogens (tertiary/aromatic N) is 1. The van der Waals surface area contributed by atoms with E-state index in [1.165, 1.54) is 0 Å². The normalized spacial score (nSPS) is 24.3. The van der Waals surface area contributed by atoms with Crippen LogP contribution in [-0.2, 0) is 11.3 Å². The molecule has 1 heterocycles. The van der Waals surface area contributed by atoms with Gasteiger partial charge in [-0.1, -0.05) is 6.07 Å². The van der Waals surface area contributed by atoms with E-state index < -0.39 is 5.97 Å². The molecule has 3 rings (SSSR count). The van der Waals surface area contributed by atoms with Crippen LogP contribution in [0.5, 0.6) is 11.5 Å². The van der Waals surface area contributed by atoms with Gasteiger partial charge in [-0.15, -0.1) is 0 Å². The molecule has 0 amide bonds. The first kappa shape index (κ1) is 12.3. The average molecular weight is 263 g/mol. The number of carbonyl (C=O) groups is 1. The maximum atomic E-state index is 10.8. The van der Waals surface area contributed by atoms with E-state index in [0.717, 1.165) is 36.4 Å². The minimum absolute atomic E-state index is 0.163. The van der Waals surface area contributed by atoms with Gasteiger partial charge in [-0.05, 0) is 37.6 Å². The largest absolute Gasteiger partial charge is 0.481 e. The SMILES string of the molecule is CN(Cc1ccc2c(c1)OCO2)C1CC(C(=O)O)C1. The predicted octanol–water partition coefficient (Wildman–Crippen LogP) is 1.71. The van der Waals surface area contributed by atoms with E-state index in [1.807, 2.05) is 25.2 Å². The minimum atomic E-state index is -0.673. The molecule has 19 heavy (non-hydrogen) atoms. The van der Waals surface area contributed by atoms with Crippen LogP contribution in [0.3, 0.4) is 0 Å². The summed E-state index contributed by atoms with van der Waals surface area (Å²) in [5, 5.41) is 8.88. The fourth-order valence-electron chi connectivity index (χ4n) is 2.61. The third-order valence-corrected chi connectivity index (χ3v) is 3.95. The molecule has 0 aromatic heterocycles. The molecular formula is C14H17NO4. The number of ether oxygens (including phenoxy) is 2. The lowest BCUT2D eigenvalue weighted by molar-refractivity contribution is -0.146. The minimum Gasteiger partial charge on any atom is -0.481 e. The van der Waals surface area contributed by atoms with Crippen LogP contribution in [-0.4, -0.2) is 35.9 Å². The Morgan fingerprint density at radius 3 is 2.84 bits per heavy atom. The van der Waals surface area contributed by atoms with Crippen molar-refractivity contribution in [3.63, 3.8) is 0 Å². The van der Waals surface area contributed by atoms with Crippen LogP contribution in [0.4, 0.5) is 0 Å². The highest BCUT2D eigenvalue weighted by molar-refractivity contribution is 5.71. The van der Waals surface area contributed by atoms with Gasteiger partial charge in [-0.3, -0.25) is 9.69 Å². The van der Waals surface area contributed by atoms with Gasteiger partial charge in [0.15, 0.2) is 11.5 Å². The van der Waals surface area contributed by atoms with Crippen molar-refractivity contribution in [3.8, 4) is 11.5 Å². The number of carboxylic acid groups (broad SMARTS) is 1. The van der Waals surface area contributed by atoms with Crippen molar-refractivity contribution in [2.45, 2.75) is 25.4 Å². The van der Waals surface area contributed by atoms with E-state index in [9.17, 15) is 4.79 Å². The van der Waals surface area contributed by atoms with E-state index in [-0.39, 0.29) is 12.7 Å². The molecule has 0 unspecified atom stereocenters. The van der Waals surface area contributed by atoms with E-state index >= 15 is 0 Å². The monoisotopic (exact) mass is 263 g/mol. The van der Waals surface area contributed by atoms with Crippen LogP contribution < -0.4 is 9.47 Å². The van der Waals surface area contributed by atoms with Gasteiger partial charge in [0.2, 0.25) is 6.79 Å². The van der Waals surface area contributed by atoms with Crippen molar-refractivity contribution < 1.29 is 19.4 Å². The molecule has 1 aromatic carbocycles. The van der Waals surface area contributed by atoms with Gasteiger partial charge >= 0.3 is 5.97 Å². The molecule has 1 saturated carbocycles. The first-order valence-corrected chi connectivity index (χ1v) is 6.45. The van der Waals surface area contributed by atoms with E-state index in [2.05, 4.69) is 4.90 Å². The molecule has 102 valence electrons. The zero-order valence-corrected chi connectivity index (χ0v) is 10.8. The van der Waals surface area contributed by atoms with Gasteiger partial charge in [0.1, 0.15) is 0 Å². The Morgan fingerprint density at radius 2 is 2.11 bits per heavy atom. The molecule has 1 fully saturated rings. The van der Waals surface area contributed by atoms with Crippen LogP contribution in [0.2, 0.25) is 0 Å². The first-order valence-electron chi connectivity index (χ1n) is 6.45. The van der Waals surface area contributed by atoms with Gasteiger partial charge in [0, 0.05) is 12.6 Å². The van der Waals surface area contributed by atoms with Crippen molar-refractivity contribution in [2.75, 3.05) is 13.8 Å². The van der Waals surface area contributed by atoms with Crippen LogP contribution >= 0.6 is 0 Å². The Morgan fingerprint density at radius 1 is 1.37 bits per heavy atom. The lowest BCUT2D eigenvalue weighted by Crippen LogP contribution is -2.44. The topological polar surface area (TPSA) is 59.0 Å². The second-order valence-electron chi connectivity index (χ2n) is 5.26. The zero-order chi connectivity index (χ0) is 13.4. The molecule has 1 aromatic rings. The number of hydrogen-bond donors (Lipinski definition) is 1. The molecule has 0 bridgehead atoms. The number of carboxylic acids is 1.